The molecule has 0 bridgehead atoms. The largest absolute Gasteiger partial charge is 0.360 e. The van der Waals surface area contributed by atoms with Gasteiger partial charge in [-0.25, -0.2) is 4.39 Å². The smallest absolute Gasteiger partial charge is 0.259 e. The minimum Gasteiger partial charge on any atom is -0.360 e. The quantitative estimate of drug-likeness (QED) is 0.850. The van der Waals surface area contributed by atoms with E-state index >= 15 is 0 Å². The zero-order valence-electron chi connectivity index (χ0n) is 10.7. The van der Waals surface area contributed by atoms with E-state index in [-0.39, 0.29) is 27.8 Å². The number of rotatable bonds is 2. The predicted molar refractivity (Wildman–Crippen MR) is 69.7 cm³/mol. The molecule has 0 fully saturated rings. The number of carbonyl (C=O) groups excluding carboxylic acids is 1. The summed E-state index contributed by atoms with van der Waals surface area (Å²) in [6.45, 7) is 1.60. The Morgan fingerprint density at radius 1 is 1.42 bits per heavy atom. The van der Waals surface area contributed by atoms with Crippen molar-refractivity contribution < 1.29 is 13.7 Å². The van der Waals surface area contributed by atoms with E-state index in [1.54, 1.807) is 21.0 Å². The van der Waals surface area contributed by atoms with Crippen molar-refractivity contribution in [1.29, 1.82) is 0 Å². The first-order chi connectivity index (χ1) is 8.93. The van der Waals surface area contributed by atoms with Gasteiger partial charge in [-0.1, -0.05) is 22.8 Å². The molecule has 0 N–H and O–H groups in total. The second-order valence-corrected chi connectivity index (χ2v) is 4.67. The molecule has 0 aliphatic carbocycles. The maximum atomic E-state index is 13.9. The Kier molecular flexibility index (Phi) is 3.57. The average Bonchev–Trinajstić information content (AvgIpc) is 2.70. The highest BCUT2D eigenvalue weighted by molar-refractivity contribution is 6.33. The van der Waals surface area contributed by atoms with Crippen molar-refractivity contribution in [3.8, 4) is 11.3 Å². The molecule has 100 valence electrons. The Bertz CT molecular complexity index is 617. The third-order valence-corrected chi connectivity index (χ3v) is 3.00. The average molecular weight is 283 g/mol. The lowest BCUT2D eigenvalue weighted by Gasteiger charge is -2.11. The van der Waals surface area contributed by atoms with Gasteiger partial charge in [0, 0.05) is 14.1 Å². The fourth-order valence-corrected chi connectivity index (χ4v) is 1.99. The van der Waals surface area contributed by atoms with Crippen molar-refractivity contribution in [2.75, 3.05) is 14.1 Å². The van der Waals surface area contributed by atoms with Gasteiger partial charge in [-0.3, -0.25) is 4.79 Å². The normalized spacial score (nSPS) is 10.6. The van der Waals surface area contributed by atoms with Gasteiger partial charge >= 0.3 is 0 Å². The first-order valence-corrected chi connectivity index (χ1v) is 5.93. The Hall–Kier alpha value is -1.88. The molecule has 1 aromatic heterocycles. The summed E-state index contributed by atoms with van der Waals surface area (Å²) in [5.74, 6) is -0.533. The van der Waals surface area contributed by atoms with E-state index in [1.165, 1.54) is 23.1 Å². The molecule has 0 radical (unpaired) electrons. The Balaban J connectivity index is 2.68. The Labute approximate surface area is 114 Å². The second kappa shape index (κ2) is 5.01. The number of nitrogens with zero attached hydrogens (tertiary/aromatic N) is 2. The van der Waals surface area contributed by atoms with Crippen molar-refractivity contribution in [3.63, 3.8) is 0 Å². The highest BCUT2D eigenvalue weighted by atomic mass is 35.5. The summed E-state index contributed by atoms with van der Waals surface area (Å²) >= 11 is 5.98. The van der Waals surface area contributed by atoms with E-state index in [9.17, 15) is 9.18 Å². The van der Waals surface area contributed by atoms with Crippen LogP contribution in [0.4, 0.5) is 4.39 Å². The summed E-state index contributed by atoms with van der Waals surface area (Å²) in [6.07, 6.45) is 0. The summed E-state index contributed by atoms with van der Waals surface area (Å²) in [4.78, 5) is 13.5. The van der Waals surface area contributed by atoms with Crippen LogP contribution in [0.25, 0.3) is 11.3 Å². The number of halogens is 2. The van der Waals surface area contributed by atoms with Crippen molar-refractivity contribution in [2.24, 2.45) is 0 Å². The second-order valence-electron chi connectivity index (χ2n) is 4.26. The third kappa shape index (κ3) is 2.33. The molecule has 2 aromatic rings. The van der Waals surface area contributed by atoms with E-state index in [0.717, 1.165) is 0 Å². The van der Waals surface area contributed by atoms with E-state index < -0.39 is 5.82 Å². The minimum absolute atomic E-state index is 0.0752. The van der Waals surface area contributed by atoms with E-state index in [0.29, 0.717) is 5.76 Å². The maximum absolute atomic E-state index is 13.9. The monoisotopic (exact) mass is 282 g/mol. The van der Waals surface area contributed by atoms with Gasteiger partial charge in [0.05, 0.1) is 10.6 Å². The first-order valence-electron chi connectivity index (χ1n) is 5.55. The molecule has 19 heavy (non-hydrogen) atoms. The van der Waals surface area contributed by atoms with Crippen molar-refractivity contribution in [1.82, 2.24) is 10.1 Å². The maximum Gasteiger partial charge on any atom is 0.259 e. The van der Waals surface area contributed by atoms with Gasteiger partial charge < -0.3 is 9.42 Å². The molecule has 1 heterocycles. The zero-order valence-corrected chi connectivity index (χ0v) is 11.5. The number of aryl methyl sites for hydroxylation is 1. The van der Waals surface area contributed by atoms with Gasteiger partial charge in [0.2, 0.25) is 0 Å². The molecule has 4 nitrogen and oxygen atoms in total. The van der Waals surface area contributed by atoms with Gasteiger partial charge in [0.1, 0.15) is 22.8 Å². The molecule has 2 rings (SSSR count). The van der Waals surface area contributed by atoms with Gasteiger partial charge in [-0.15, -0.1) is 0 Å². The lowest BCUT2D eigenvalue weighted by molar-refractivity contribution is 0.0826. The van der Waals surface area contributed by atoms with Gasteiger partial charge in [0.25, 0.3) is 5.91 Å². The summed E-state index contributed by atoms with van der Waals surface area (Å²) in [5.41, 5.74) is 0.419. The fourth-order valence-electron chi connectivity index (χ4n) is 1.74. The van der Waals surface area contributed by atoms with Crippen LogP contribution in [0.5, 0.6) is 0 Å². The highest BCUT2D eigenvalue weighted by Crippen LogP contribution is 2.33. The molecule has 0 spiro atoms. The number of benzene rings is 1. The zero-order chi connectivity index (χ0) is 14.2. The number of hydrogen-bond acceptors (Lipinski definition) is 3. The molecular weight excluding hydrogens is 271 g/mol. The first kappa shape index (κ1) is 13.5. The van der Waals surface area contributed by atoms with Crippen LogP contribution in [-0.2, 0) is 0 Å². The van der Waals surface area contributed by atoms with Crippen LogP contribution in [0.15, 0.2) is 22.7 Å². The number of aromatic nitrogens is 1. The molecule has 6 heteroatoms. The molecule has 0 saturated heterocycles. The number of amides is 1. The molecule has 0 atom stereocenters. The minimum atomic E-state index is -0.548. The van der Waals surface area contributed by atoms with Gasteiger partial charge in [-0.05, 0) is 19.1 Å². The molecule has 0 aliphatic heterocycles. The number of hydrogen-bond donors (Lipinski definition) is 0. The molecule has 1 aromatic carbocycles. The number of carbonyl (C=O) groups is 1. The fraction of sp³-hybridized carbons (Fsp3) is 0.231. The summed E-state index contributed by atoms with van der Waals surface area (Å²) < 4.78 is 18.9. The van der Waals surface area contributed by atoms with Crippen LogP contribution in [0.1, 0.15) is 16.1 Å². The summed E-state index contributed by atoms with van der Waals surface area (Å²) in [7, 11) is 3.20. The Morgan fingerprint density at radius 2 is 2.11 bits per heavy atom. The molecule has 0 saturated carbocycles. The van der Waals surface area contributed by atoms with E-state index in [4.69, 9.17) is 16.1 Å². The molecule has 0 aliphatic rings. The predicted octanol–water partition coefficient (Wildman–Crippen LogP) is 3.14. The molecule has 0 unspecified atom stereocenters. The molecular formula is C13H12ClFN2O2. The van der Waals surface area contributed by atoms with Crippen LogP contribution in [0.2, 0.25) is 5.02 Å². The van der Waals surface area contributed by atoms with Crippen molar-refractivity contribution in [3.05, 3.63) is 40.4 Å². The SMILES string of the molecule is Cc1onc(-c2c(F)cccc2Cl)c1C(=O)N(C)C. The molecule has 1 amide bonds. The van der Waals surface area contributed by atoms with Crippen molar-refractivity contribution >= 4 is 17.5 Å². The third-order valence-electron chi connectivity index (χ3n) is 2.68. The van der Waals surface area contributed by atoms with E-state index in [1.807, 2.05) is 0 Å². The van der Waals surface area contributed by atoms with Crippen LogP contribution >= 0.6 is 11.6 Å². The van der Waals surface area contributed by atoms with Gasteiger partial charge in [-0.2, -0.15) is 0 Å². The standard InChI is InChI=1S/C13H12ClFN2O2/c1-7-10(13(18)17(2)3)12(16-19-7)11-8(14)5-4-6-9(11)15/h4-6H,1-3H3. The summed E-state index contributed by atoms with van der Waals surface area (Å²) in [6, 6.07) is 4.28. The van der Waals surface area contributed by atoms with E-state index in [2.05, 4.69) is 5.16 Å². The van der Waals surface area contributed by atoms with Crippen LogP contribution in [0.3, 0.4) is 0 Å². The van der Waals surface area contributed by atoms with Gasteiger partial charge in [0.15, 0.2) is 0 Å². The van der Waals surface area contributed by atoms with Crippen molar-refractivity contribution in [2.45, 2.75) is 6.92 Å². The lowest BCUT2D eigenvalue weighted by atomic mass is 10.0. The van der Waals surface area contributed by atoms with Crippen LogP contribution in [0, 0.1) is 12.7 Å². The van der Waals surface area contributed by atoms with Crippen LogP contribution < -0.4 is 0 Å². The highest BCUT2D eigenvalue weighted by Gasteiger charge is 2.26. The van der Waals surface area contributed by atoms with Crippen LogP contribution in [-0.4, -0.2) is 30.1 Å². The Morgan fingerprint density at radius 3 is 2.68 bits per heavy atom. The summed E-state index contributed by atoms with van der Waals surface area (Å²) in [5, 5.41) is 3.95. The topological polar surface area (TPSA) is 46.3 Å². The lowest BCUT2D eigenvalue weighted by Crippen LogP contribution is -2.22.